The summed E-state index contributed by atoms with van der Waals surface area (Å²) >= 11 is 0. The predicted octanol–water partition coefficient (Wildman–Crippen LogP) is 3.69. The van der Waals surface area contributed by atoms with Crippen molar-refractivity contribution in [3.05, 3.63) is 60.7 Å². The Morgan fingerprint density at radius 2 is 1.36 bits per heavy atom. The number of nitrogens with two attached hydrogens (primary N) is 3. The van der Waals surface area contributed by atoms with Gasteiger partial charge in [-0.2, -0.15) is 0 Å². The molecule has 6 N–H and O–H groups in total. The molecule has 0 saturated carbocycles. The van der Waals surface area contributed by atoms with Crippen LogP contribution >= 0.6 is 0 Å². The van der Waals surface area contributed by atoms with Gasteiger partial charge in [-0.3, -0.25) is 4.79 Å². The zero-order chi connectivity index (χ0) is 18.0. The van der Waals surface area contributed by atoms with Gasteiger partial charge in [0.15, 0.2) is 0 Å². The van der Waals surface area contributed by atoms with Crippen molar-refractivity contribution in [1.29, 1.82) is 0 Å². The molecule has 0 aromatic heterocycles. The molecular formula is C20H19N3O2. The van der Waals surface area contributed by atoms with E-state index in [1.54, 1.807) is 18.2 Å². The van der Waals surface area contributed by atoms with E-state index in [1.807, 2.05) is 42.5 Å². The van der Waals surface area contributed by atoms with E-state index in [-0.39, 0.29) is 5.97 Å². The quantitative estimate of drug-likeness (QED) is 0.385. The topological polar surface area (TPSA) is 104 Å². The molecule has 0 aliphatic rings. The first kappa shape index (κ1) is 16.4. The molecule has 0 aliphatic carbocycles. The van der Waals surface area contributed by atoms with Crippen LogP contribution in [-0.4, -0.2) is 5.97 Å². The maximum Gasteiger partial charge on any atom is 0.308 e. The summed E-state index contributed by atoms with van der Waals surface area (Å²) in [5.41, 5.74) is 23.3. The van der Waals surface area contributed by atoms with Gasteiger partial charge in [0.25, 0.3) is 0 Å². The molecule has 0 aliphatic heterocycles. The van der Waals surface area contributed by atoms with Gasteiger partial charge in [-0.15, -0.1) is 0 Å². The van der Waals surface area contributed by atoms with Crippen LogP contribution < -0.4 is 21.9 Å². The summed E-state index contributed by atoms with van der Waals surface area (Å²) in [5, 5.41) is 0. The molecule has 0 atom stereocenters. The number of anilines is 3. The SMILES string of the molecule is CC(=O)Oc1ccc(-c2ccc(-c3ccc(N)c(N)c3)cc2)c(N)c1. The third-order valence-corrected chi connectivity index (χ3v) is 3.90. The molecule has 0 unspecified atom stereocenters. The van der Waals surface area contributed by atoms with Crippen LogP contribution in [0, 0.1) is 0 Å². The number of esters is 1. The summed E-state index contributed by atoms with van der Waals surface area (Å²) in [6, 6.07) is 18.8. The van der Waals surface area contributed by atoms with Gasteiger partial charge < -0.3 is 21.9 Å². The van der Waals surface area contributed by atoms with Crippen molar-refractivity contribution in [3.8, 4) is 28.0 Å². The molecule has 0 spiro atoms. The smallest absolute Gasteiger partial charge is 0.308 e. The first-order valence-corrected chi connectivity index (χ1v) is 7.78. The van der Waals surface area contributed by atoms with Gasteiger partial charge in [-0.25, -0.2) is 0 Å². The monoisotopic (exact) mass is 333 g/mol. The molecule has 0 bridgehead atoms. The number of hydrogen-bond acceptors (Lipinski definition) is 5. The Labute approximate surface area is 146 Å². The summed E-state index contributed by atoms with van der Waals surface area (Å²) < 4.78 is 5.04. The van der Waals surface area contributed by atoms with Crippen molar-refractivity contribution in [2.75, 3.05) is 17.2 Å². The zero-order valence-electron chi connectivity index (χ0n) is 13.8. The molecule has 3 aromatic rings. The van der Waals surface area contributed by atoms with E-state index in [2.05, 4.69) is 0 Å². The van der Waals surface area contributed by atoms with Crippen LogP contribution in [0.15, 0.2) is 60.7 Å². The van der Waals surface area contributed by atoms with Gasteiger partial charge in [0.1, 0.15) is 5.75 Å². The molecule has 0 saturated heterocycles. The number of hydrogen-bond donors (Lipinski definition) is 3. The van der Waals surface area contributed by atoms with Gasteiger partial charge in [-0.05, 0) is 41.0 Å². The van der Waals surface area contributed by atoms with Gasteiger partial charge in [0, 0.05) is 24.2 Å². The standard InChI is InChI=1S/C20H19N3O2/c1-12(24)25-16-7-8-17(19(22)11-16)14-4-2-13(3-5-14)15-6-9-18(21)20(23)10-15/h2-11H,21-23H2,1H3. The largest absolute Gasteiger partial charge is 0.427 e. The lowest BCUT2D eigenvalue weighted by molar-refractivity contribution is -0.131. The number of ether oxygens (including phenoxy) is 1. The number of nitrogen functional groups attached to an aromatic ring is 3. The highest BCUT2D eigenvalue weighted by atomic mass is 16.5. The number of benzene rings is 3. The molecule has 25 heavy (non-hydrogen) atoms. The fourth-order valence-electron chi connectivity index (χ4n) is 2.63. The van der Waals surface area contributed by atoms with E-state index in [9.17, 15) is 4.79 Å². The van der Waals surface area contributed by atoms with Gasteiger partial charge >= 0.3 is 5.97 Å². The molecule has 0 amide bonds. The molecule has 126 valence electrons. The van der Waals surface area contributed by atoms with E-state index in [0.717, 1.165) is 22.3 Å². The van der Waals surface area contributed by atoms with E-state index < -0.39 is 0 Å². The Morgan fingerprint density at radius 1 is 0.720 bits per heavy atom. The Bertz CT molecular complexity index is 934. The van der Waals surface area contributed by atoms with Crippen molar-refractivity contribution in [2.24, 2.45) is 0 Å². The van der Waals surface area contributed by atoms with Gasteiger partial charge in [0.2, 0.25) is 0 Å². The average molecular weight is 333 g/mol. The Kier molecular flexibility index (Phi) is 4.31. The second kappa shape index (κ2) is 6.57. The normalized spacial score (nSPS) is 10.4. The van der Waals surface area contributed by atoms with Gasteiger partial charge in [-0.1, -0.05) is 30.3 Å². The van der Waals surface area contributed by atoms with Crippen LogP contribution in [-0.2, 0) is 4.79 Å². The summed E-state index contributed by atoms with van der Waals surface area (Å²) in [7, 11) is 0. The van der Waals surface area contributed by atoms with Crippen molar-refractivity contribution < 1.29 is 9.53 Å². The fraction of sp³-hybridized carbons (Fsp3) is 0.0500. The first-order valence-electron chi connectivity index (χ1n) is 7.78. The molecule has 5 nitrogen and oxygen atoms in total. The van der Waals surface area contributed by atoms with Crippen molar-refractivity contribution in [1.82, 2.24) is 0 Å². The lowest BCUT2D eigenvalue weighted by atomic mass is 9.99. The first-order chi connectivity index (χ1) is 11.9. The highest BCUT2D eigenvalue weighted by molar-refractivity contribution is 5.81. The van der Waals surface area contributed by atoms with Crippen LogP contribution in [0.3, 0.4) is 0 Å². The van der Waals surface area contributed by atoms with Crippen molar-refractivity contribution in [3.63, 3.8) is 0 Å². The third-order valence-electron chi connectivity index (χ3n) is 3.90. The zero-order valence-corrected chi connectivity index (χ0v) is 13.8. The minimum absolute atomic E-state index is 0.376. The van der Waals surface area contributed by atoms with Crippen LogP contribution in [0.4, 0.5) is 17.1 Å². The average Bonchev–Trinajstić information content (AvgIpc) is 2.57. The van der Waals surface area contributed by atoms with E-state index >= 15 is 0 Å². The second-order valence-electron chi connectivity index (χ2n) is 5.76. The molecule has 5 heteroatoms. The molecular weight excluding hydrogens is 314 g/mol. The summed E-state index contributed by atoms with van der Waals surface area (Å²) in [4.78, 5) is 11.0. The Morgan fingerprint density at radius 3 is 1.96 bits per heavy atom. The fourth-order valence-corrected chi connectivity index (χ4v) is 2.63. The minimum atomic E-state index is -0.376. The summed E-state index contributed by atoms with van der Waals surface area (Å²) in [5.74, 6) is 0.0574. The van der Waals surface area contributed by atoms with Crippen LogP contribution in [0.5, 0.6) is 5.75 Å². The molecule has 3 rings (SSSR count). The Balaban J connectivity index is 1.89. The van der Waals surface area contributed by atoms with Crippen LogP contribution in [0.1, 0.15) is 6.92 Å². The number of rotatable bonds is 3. The maximum atomic E-state index is 11.0. The maximum absolute atomic E-state index is 11.0. The molecule has 0 fully saturated rings. The third kappa shape index (κ3) is 3.55. The van der Waals surface area contributed by atoms with E-state index in [0.29, 0.717) is 22.8 Å². The van der Waals surface area contributed by atoms with Crippen LogP contribution in [0.25, 0.3) is 22.3 Å². The highest BCUT2D eigenvalue weighted by Crippen LogP contribution is 2.32. The highest BCUT2D eigenvalue weighted by Gasteiger charge is 2.07. The lowest BCUT2D eigenvalue weighted by Gasteiger charge is -2.10. The Hall–Kier alpha value is -3.47. The lowest BCUT2D eigenvalue weighted by Crippen LogP contribution is -2.02. The van der Waals surface area contributed by atoms with E-state index in [1.165, 1.54) is 6.92 Å². The summed E-state index contributed by atoms with van der Waals surface area (Å²) in [6.45, 7) is 1.35. The van der Waals surface area contributed by atoms with Crippen molar-refractivity contribution in [2.45, 2.75) is 6.92 Å². The van der Waals surface area contributed by atoms with E-state index in [4.69, 9.17) is 21.9 Å². The number of carbonyl (C=O) groups excluding carboxylic acids is 1. The van der Waals surface area contributed by atoms with Crippen molar-refractivity contribution >= 4 is 23.0 Å². The molecule has 0 radical (unpaired) electrons. The summed E-state index contributed by atoms with van der Waals surface area (Å²) in [6.07, 6.45) is 0. The minimum Gasteiger partial charge on any atom is -0.427 e. The molecule has 0 heterocycles. The van der Waals surface area contributed by atoms with Crippen LogP contribution in [0.2, 0.25) is 0 Å². The number of carbonyl (C=O) groups is 1. The van der Waals surface area contributed by atoms with Gasteiger partial charge in [0.05, 0.1) is 11.4 Å². The second-order valence-corrected chi connectivity index (χ2v) is 5.76. The predicted molar refractivity (Wildman–Crippen MR) is 102 cm³/mol. The molecule has 3 aromatic carbocycles.